The van der Waals surface area contributed by atoms with Crippen LogP contribution >= 0.6 is 35.0 Å². The van der Waals surface area contributed by atoms with Gasteiger partial charge in [0.1, 0.15) is 0 Å². The Balaban J connectivity index is 3.07. The smallest absolute Gasteiger partial charge is 0.305 e. The minimum absolute atomic E-state index is 0.0611. The van der Waals surface area contributed by atoms with Crippen molar-refractivity contribution in [3.63, 3.8) is 0 Å². The third-order valence-corrected chi connectivity index (χ3v) is 4.42. The Morgan fingerprint density at radius 2 is 2.00 bits per heavy atom. The molecule has 0 aromatic heterocycles. The van der Waals surface area contributed by atoms with Crippen molar-refractivity contribution in [3.8, 4) is 0 Å². The predicted octanol–water partition coefficient (Wildman–Crippen LogP) is 3.32. The molecule has 5 nitrogen and oxygen atoms in total. The number of carbonyl (C=O) groups excluding carboxylic acids is 1. The van der Waals surface area contributed by atoms with E-state index in [9.17, 15) is 9.59 Å². The average molecular weight is 366 g/mol. The van der Waals surface area contributed by atoms with Crippen LogP contribution in [-0.2, 0) is 9.53 Å². The molecule has 22 heavy (non-hydrogen) atoms. The highest BCUT2D eigenvalue weighted by molar-refractivity contribution is 7.98. The first-order valence-electron chi connectivity index (χ1n) is 6.28. The number of nitrogens with one attached hydrogen (secondary N) is 1. The molecule has 0 radical (unpaired) electrons. The number of thioether (sulfide) groups is 1. The second kappa shape index (κ2) is 8.06. The highest BCUT2D eigenvalue weighted by Crippen LogP contribution is 2.31. The zero-order valence-corrected chi connectivity index (χ0v) is 14.7. The molecule has 1 unspecified atom stereocenters. The van der Waals surface area contributed by atoms with E-state index in [1.807, 2.05) is 6.26 Å². The molecule has 0 saturated heterocycles. The van der Waals surface area contributed by atoms with Gasteiger partial charge in [-0.3, -0.25) is 9.59 Å². The number of benzene rings is 1. The fourth-order valence-electron chi connectivity index (χ4n) is 1.98. The van der Waals surface area contributed by atoms with Crippen molar-refractivity contribution in [1.29, 1.82) is 0 Å². The van der Waals surface area contributed by atoms with Gasteiger partial charge in [-0.05, 0) is 25.3 Å². The average Bonchev–Trinajstić information content (AvgIpc) is 2.37. The Morgan fingerprint density at radius 1 is 1.36 bits per heavy atom. The summed E-state index contributed by atoms with van der Waals surface area (Å²) in [5, 5.41) is 12.3. The molecule has 1 atom stereocenters. The van der Waals surface area contributed by atoms with Gasteiger partial charge in [-0.2, -0.15) is 0 Å². The summed E-state index contributed by atoms with van der Waals surface area (Å²) in [5.74, 6) is -1.51. The molecule has 1 amide bonds. The van der Waals surface area contributed by atoms with Crippen LogP contribution in [0.25, 0.3) is 0 Å². The molecule has 2 N–H and O–H groups in total. The van der Waals surface area contributed by atoms with Gasteiger partial charge in [-0.25, -0.2) is 0 Å². The molecule has 0 aliphatic carbocycles. The Bertz CT molecular complexity index is 582. The summed E-state index contributed by atoms with van der Waals surface area (Å²) in [4.78, 5) is 24.1. The van der Waals surface area contributed by atoms with Crippen LogP contribution in [0, 0.1) is 0 Å². The summed E-state index contributed by atoms with van der Waals surface area (Å²) in [6.45, 7) is 1.66. The molecule has 1 rings (SSSR count). The van der Waals surface area contributed by atoms with Crippen molar-refractivity contribution in [2.45, 2.75) is 23.8 Å². The second-order valence-electron chi connectivity index (χ2n) is 4.98. The lowest BCUT2D eigenvalue weighted by atomic mass is 9.98. The quantitative estimate of drug-likeness (QED) is 0.724. The maximum atomic E-state index is 12.4. The molecule has 0 aliphatic heterocycles. The van der Waals surface area contributed by atoms with E-state index in [2.05, 4.69) is 5.32 Å². The van der Waals surface area contributed by atoms with Crippen LogP contribution in [-0.4, -0.2) is 42.5 Å². The third kappa shape index (κ3) is 5.05. The van der Waals surface area contributed by atoms with E-state index in [1.165, 1.54) is 24.9 Å². The van der Waals surface area contributed by atoms with Gasteiger partial charge in [-0.1, -0.05) is 23.2 Å². The Hall–Kier alpha value is -0.950. The van der Waals surface area contributed by atoms with Gasteiger partial charge in [0.15, 0.2) is 0 Å². The zero-order chi connectivity index (χ0) is 16.9. The highest BCUT2D eigenvalue weighted by atomic mass is 35.5. The van der Waals surface area contributed by atoms with E-state index in [0.29, 0.717) is 9.92 Å². The number of ether oxygens (including phenoxy) is 1. The molecule has 0 bridgehead atoms. The summed E-state index contributed by atoms with van der Waals surface area (Å²) in [6, 6.07) is 3.08. The van der Waals surface area contributed by atoms with Crippen molar-refractivity contribution in [2.24, 2.45) is 0 Å². The van der Waals surface area contributed by atoms with Crippen molar-refractivity contribution >= 4 is 46.8 Å². The number of aliphatic carboxylic acids is 1. The van der Waals surface area contributed by atoms with Gasteiger partial charge in [0.2, 0.25) is 0 Å². The number of hydrogen-bond donors (Lipinski definition) is 2. The van der Waals surface area contributed by atoms with Crippen molar-refractivity contribution in [3.05, 3.63) is 27.7 Å². The molecular weight excluding hydrogens is 349 g/mol. The van der Waals surface area contributed by atoms with Gasteiger partial charge in [-0.15, -0.1) is 11.8 Å². The van der Waals surface area contributed by atoms with Crippen molar-refractivity contribution in [1.82, 2.24) is 5.32 Å². The van der Waals surface area contributed by atoms with Crippen LogP contribution in [0.1, 0.15) is 23.7 Å². The first-order valence-corrected chi connectivity index (χ1v) is 8.27. The molecule has 8 heteroatoms. The molecule has 0 spiro atoms. The van der Waals surface area contributed by atoms with Crippen LogP contribution in [0.2, 0.25) is 10.0 Å². The fourth-order valence-corrected chi connectivity index (χ4v) is 3.17. The highest BCUT2D eigenvalue weighted by Gasteiger charge is 2.30. The summed E-state index contributed by atoms with van der Waals surface area (Å²) in [5.41, 5.74) is -0.803. The number of amides is 1. The van der Waals surface area contributed by atoms with Crippen LogP contribution in [0.4, 0.5) is 0 Å². The minimum Gasteiger partial charge on any atom is -0.481 e. The lowest BCUT2D eigenvalue weighted by molar-refractivity contribution is -0.139. The topological polar surface area (TPSA) is 75.6 Å². The number of hydrogen-bond acceptors (Lipinski definition) is 4. The molecule has 1 aromatic carbocycles. The Labute approximate surface area is 143 Å². The molecule has 0 heterocycles. The fraction of sp³-hybridized carbons (Fsp3) is 0.429. The molecule has 1 aromatic rings. The van der Waals surface area contributed by atoms with E-state index in [1.54, 1.807) is 13.0 Å². The van der Waals surface area contributed by atoms with Crippen molar-refractivity contribution < 1.29 is 19.4 Å². The number of carboxylic acids is 1. The van der Waals surface area contributed by atoms with E-state index in [0.717, 1.165) is 0 Å². The van der Waals surface area contributed by atoms with Gasteiger partial charge in [0.05, 0.1) is 34.2 Å². The normalized spacial score (nSPS) is 13.5. The summed E-state index contributed by atoms with van der Waals surface area (Å²) in [7, 11) is 1.44. The first kappa shape index (κ1) is 19.1. The predicted molar refractivity (Wildman–Crippen MR) is 88.2 cm³/mol. The van der Waals surface area contributed by atoms with E-state index < -0.39 is 17.4 Å². The van der Waals surface area contributed by atoms with E-state index in [-0.39, 0.29) is 23.6 Å². The molecule has 122 valence electrons. The maximum absolute atomic E-state index is 12.4. The summed E-state index contributed by atoms with van der Waals surface area (Å²) in [6.07, 6.45) is 1.56. The third-order valence-electron chi connectivity index (χ3n) is 2.91. The molecular formula is C14H17Cl2NO4S. The van der Waals surface area contributed by atoms with Crippen LogP contribution in [0.3, 0.4) is 0 Å². The maximum Gasteiger partial charge on any atom is 0.305 e. The zero-order valence-electron chi connectivity index (χ0n) is 12.4. The number of carboxylic acid groups (broad SMARTS) is 1. The standard InChI is InChI=1S/C14H17Cl2NO4S/c1-14(7-21-2,6-12(18)19)17-13(20)8-4-11(22-3)10(16)5-9(8)15/h4-5H,6-7H2,1-3H3,(H,17,20)(H,18,19). The van der Waals surface area contributed by atoms with Gasteiger partial charge >= 0.3 is 5.97 Å². The molecule has 0 saturated carbocycles. The summed E-state index contributed by atoms with van der Waals surface area (Å²) < 4.78 is 5.00. The van der Waals surface area contributed by atoms with Crippen LogP contribution in [0.15, 0.2) is 17.0 Å². The number of carbonyl (C=O) groups is 2. The van der Waals surface area contributed by atoms with Gasteiger partial charge < -0.3 is 15.2 Å². The lowest BCUT2D eigenvalue weighted by Crippen LogP contribution is -2.50. The number of rotatable bonds is 7. The monoisotopic (exact) mass is 365 g/mol. The van der Waals surface area contributed by atoms with Crippen molar-refractivity contribution in [2.75, 3.05) is 20.0 Å². The summed E-state index contributed by atoms with van der Waals surface area (Å²) >= 11 is 13.5. The molecule has 0 aliphatic rings. The Morgan fingerprint density at radius 3 is 2.50 bits per heavy atom. The number of methoxy groups -OCH3 is 1. The van der Waals surface area contributed by atoms with Gasteiger partial charge in [0.25, 0.3) is 5.91 Å². The second-order valence-corrected chi connectivity index (χ2v) is 6.65. The first-order chi connectivity index (χ1) is 10.2. The van der Waals surface area contributed by atoms with E-state index >= 15 is 0 Å². The van der Waals surface area contributed by atoms with Gasteiger partial charge in [0, 0.05) is 12.0 Å². The lowest BCUT2D eigenvalue weighted by Gasteiger charge is -2.28. The van der Waals surface area contributed by atoms with E-state index in [4.69, 9.17) is 33.0 Å². The molecule has 0 fully saturated rings. The SMILES string of the molecule is COCC(C)(CC(=O)O)NC(=O)c1cc(SC)c(Cl)cc1Cl. The largest absolute Gasteiger partial charge is 0.481 e. The Kier molecular flexibility index (Phi) is 6.99. The number of halogens is 2. The minimum atomic E-state index is -1.04. The van der Waals surface area contributed by atoms with Crippen LogP contribution in [0.5, 0.6) is 0 Å². The van der Waals surface area contributed by atoms with Crippen LogP contribution < -0.4 is 5.32 Å².